The van der Waals surface area contributed by atoms with Crippen LogP contribution in [0.2, 0.25) is 0 Å². The molecule has 8 heteroatoms. The summed E-state index contributed by atoms with van der Waals surface area (Å²) in [4.78, 5) is 28.3. The Morgan fingerprint density at radius 3 is 2.50 bits per heavy atom. The van der Waals surface area contributed by atoms with Crippen molar-refractivity contribution in [3.63, 3.8) is 0 Å². The summed E-state index contributed by atoms with van der Waals surface area (Å²) in [7, 11) is 3.14. The molecule has 2 heterocycles. The average Bonchev–Trinajstić information content (AvgIpc) is 3.49. The maximum Gasteiger partial charge on any atom is 0.262 e. The van der Waals surface area contributed by atoms with Crippen LogP contribution in [0.4, 0.5) is 4.39 Å². The fourth-order valence-corrected chi connectivity index (χ4v) is 4.30. The maximum absolute atomic E-state index is 13.4. The summed E-state index contributed by atoms with van der Waals surface area (Å²) in [5.74, 6) is -0.278. The van der Waals surface area contributed by atoms with Gasteiger partial charge in [-0.15, -0.1) is 11.3 Å². The van der Waals surface area contributed by atoms with E-state index in [9.17, 15) is 14.0 Å². The molecule has 6 nitrogen and oxygen atoms in total. The largest absolute Gasteiger partial charge is 0.497 e. The molecule has 1 aliphatic heterocycles. The minimum atomic E-state index is -0.357. The number of halogens is 1. The van der Waals surface area contributed by atoms with E-state index in [1.807, 2.05) is 17.5 Å². The van der Waals surface area contributed by atoms with Gasteiger partial charge in [0.05, 0.1) is 23.7 Å². The zero-order valence-electron chi connectivity index (χ0n) is 17.7. The van der Waals surface area contributed by atoms with Crippen molar-refractivity contribution in [1.29, 1.82) is 0 Å². The quantitative estimate of drug-likeness (QED) is 0.560. The van der Waals surface area contributed by atoms with Crippen molar-refractivity contribution < 1.29 is 18.7 Å². The predicted molar refractivity (Wildman–Crippen MR) is 121 cm³/mol. The van der Waals surface area contributed by atoms with E-state index in [1.54, 1.807) is 61.9 Å². The van der Waals surface area contributed by atoms with Crippen LogP contribution in [-0.2, 0) is 4.79 Å². The maximum atomic E-state index is 13.4. The van der Waals surface area contributed by atoms with Crippen LogP contribution < -0.4 is 4.74 Å². The summed E-state index contributed by atoms with van der Waals surface area (Å²) < 4.78 is 18.6. The molecule has 0 spiro atoms. The zero-order valence-corrected chi connectivity index (χ0v) is 18.5. The number of carbonyl (C=O) groups is 2. The fourth-order valence-electron chi connectivity index (χ4n) is 3.58. The van der Waals surface area contributed by atoms with E-state index in [-0.39, 0.29) is 30.2 Å². The number of carbonyl (C=O) groups excluding carboxylic acids is 2. The van der Waals surface area contributed by atoms with Gasteiger partial charge in [0.15, 0.2) is 0 Å². The summed E-state index contributed by atoms with van der Waals surface area (Å²) in [5.41, 5.74) is 2.05. The molecule has 0 radical (unpaired) electrons. The molecule has 0 saturated carbocycles. The van der Waals surface area contributed by atoms with Crippen molar-refractivity contribution in [2.75, 3.05) is 20.7 Å². The molecule has 1 aromatic heterocycles. The van der Waals surface area contributed by atoms with E-state index in [0.717, 1.165) is 16.2 Å². The van der Waals surface area contributed by atoms with E-state index < -0.39 is 0 Å². The van der Waals surface area contributed by atoms with Gasteiger partial charge in [0.25, 0.3) is 11.8 Å². The third-order valence-electron chi connectivity index (χ3n) is 5.28. The number of hydrogen-bond acceptors (Lipinski definition) is 5. The highest BCUT2D eigenvalue weighted by molar-refractivity contribution is 7.12. The first-order valence-electron chi connectivity index (χ1n) is 10.0. The molecule has 0 N–H and O–H groups in total. The van der Waals surface area contributed by atoms with Crippen LogP contribution in [0.1, 0.15) is 33.3 Å². The third-order valence-corrected chi connectivity index (χ3v) is 6.20. The number of thiophene rings is 1. The Labute approximate surface area is 189 Å². The molecular weight excluding hydrogens is 429 g/mol. The normalized spacial score (nSPS) is 15.4. The Hall–Kier alpha value is -3.52. The van der Waals surface area contributed by atoms with Gasteiger partial charge in [-0.1, -0.05) is 18.2 Å². The van der Waals surface area contributed by atoms with Gasteiger partial charge in [0.1, 0.15) is 18.1 Å². The number of rotatable bonds is 6. The van der Waals surface area contributed by atoms with Crippen LogP contribution in [0, 0.1) is 5.82 Å². The number of benzene rings is 2. The molecule has 1 atom stereocenters. The summed E-state index contributed by atoms with van der Waals surface area (Å²) >= 11 is 1.55. The molecule has 0 aliphatic carbocycles. The number of ether oxygens (including phenoxy) is 1. The van der Waals surface area contributed by atoms with Crippen molar-refractivity contribution in [2.24, 2.45) is 5.10 Å². The minimum absolute atomic E-state index is 0.135. The second-order valence-corrected chi connectivity index (χ2v) is 8.37. The molecule has 0 bridgehead atoms. The highest BCUT2D eigenvalue weighted by Crippen LogP contribution is 2.34. The van der Waals surface area contributed by atoms with Crippen molar-refractivity contribution in [3.05, 3.63) is 87.9 Å². The Bertz CT molecular complexity index is 1130. The molecule has 2 aromatic carbocycles. The highest BCUT2D eigenvalue weighted by Gasteiger charge is 2.34. The van der Waals surface area contributed by atoms with Gasteiger partial charge in [-0.25, -0.2) is 9.40 Å². The summed E-state index contributed by atoms with van der Waals surface area (Å²) in [6, 6.07) is 16.3. The first-order chi connectivity index (χ1) is 15.5. The second kappa shape index (κ2) is 9.32. The van der Waals surface area contributed by atoms with Gasteiger partial charge in [0, 0.05) is 19.0 Å². The van der Waals surface area contributed by atoms with E-state index in [0.29, 0.717) is 17.7 Å². The van der Waals surface area contributed by atoms with E-state index in [4.69, 9.17) is 4.74 Å². The molecule has 4 rings (SSSR count). The van der Waals surface area contributed by atoms with Crippen LogP contribution in [0.3, 0.4) is 0 Å². The number of amides is 2. The number of methoxy groups -OCH3 is 1. The molecular formula is C24H22FN3O3S. The van der Waals surface area contributed by atoms with Crippen molar-refractivity contribution in [3.8, 4) is 5.75 Å². The second-order valence-electron chi connectivity index (χ2n) is 7.42. The Morgan fingerprint density at radius 2 is 1.88 bits per heavy atom. The standard InChI is InChI=1S/C24H22FN3O3S/c1-27(24(30)17-7-11-19(31-2)12-8-17)15-23(29)28-21(16-5-9-18(25)10-6-16)14-20(26-28)22-4-3-13-32-22/h3-13,21H,14-15H2,1-2H3/t21-/m0/s1. The lowest BCUT2D eigenvalue weighted by Crippen LogP contribution is -2.39. The molecule has 1 aliphatic rings. The van der Waals surface area contributed by atoms with Gasteiger partial charge in [-0.3, -0.25) is 9.59 Å². The lowest BCUT2D eigenvalue weighted by atomic mass is 10.0. The monoisotopic (exact) mass is 451 g/mol. The average molecular weight is 452 g/mol. The fraction of sp³-hybridized carbons (Fsp3) is 0.208. The Morgan fingerprint density at radius 1 is 1.16 bits per heavy atom. The first kappa shape index (κ1) is 21.7. The van der Waals surface area contributed by atoms with E-state index in [2.05, 4.69) is 5.10 Å². The molecule has 32 heavy (non-hydrogen) atoms. The molecule has 0 unspecified atom stereocenters. The summed E-state index contributed by atoms with van der Waals surface area (Å²) in [6.07, 6.45) is 0.522. The van der Waals surface area contributed by atoms with Gasteiger partial charge in [0.2, 0.25) is 0 Å². The lowest BCUT2D eigenvalue weighted by molar-refractivity contribution is -0.133. The Balaban J connectivity index is 1.54. The van der Waals surface area contributed by atoms with Gasteiger partial charge in [-0.2, -0.15) is 5.10 Å². The molecule has 0 fully saturated rings. The zero-order chi connectivity index (χ0) is 22.7. The summed E-state index contributed by atoms with van der Waals surface area (Å²) in [6.45, 7) is -0.135. The van der Waals surface area contributed by atoms with Crippen molar-refractivity contribution in [1.82, 2.24) is 9.91 Å². The van der Waals surface area contributed by atoms with Gasteiger partial charge >= 0.3 is 0 Å². The Kier molecular flexibility index (Phi) is 6.32. The van der Waals surface area contributed by atoms with Crippen molar-refractivity contribution in [2.45, 2.75) is 12.5 Å². The number of hydrazone groups is 1. The first-order valence-corrected chi connectivity index (χ1v) is 10.9. The van der Waals surface area contributed by atoms with E-state index >= 15 is 0 Å². The highest BCUT2D eigenvalue weighted by atomic mass is 32.1. The van der Waals surface area contributed by atoms with Crippen molar-refractivity contribution >= 4 is 28.9 Å². The number of hydrogen-bond donors (Lipinski definition) is 0. The van der Waals surface area contributed by atoms with Crippen LogP contribution in [-0.4, -0.2) is 48.1 Å². The summed E-state index contributed by atoms with van der Waals surface area (Å²) in [5, 5.41) is 7.95. The smallest absolute Gasteiger partial charge is 0.262 e. The topological polar surface area (TPSA) is 62.2 Å². The third kappa shape index (κ3) is 4.55. The minimum Gasteiger partial charge on any atom is -0.497 e. The van der Waals surface area contributed by atoms with Crippen LogP contribution in [0.5, 0.6) is 5.75 Å². The lowest BCUT2D eigenvalue weighted by Gasteiger charge is -2.25. The predicted octanol–water partition coefficient (Wildman–Crippen LogP) is 4.35. The number of likely N-dealkylation sites (N-methyl/N-ethyl adjacent to an activating group) is 1. The van der Waals surface area contributed by atoms with Gasteiger partial charge in [-0.05, 0) is 53.4 Å². The van der Waals surface area contributed by atoms with Crippen LogP contribution >= 0.6 is 11.3 Å². The van der Waals surface area contributed by atoms with Gasteiger partial charge < -0.3 is 9.64 Å². The van der Waals surface area contributed by atoms with E-state index in [1.165, 1.54) is 22.0 Å². The molecule has 3 aromatic rings. The number of nitrogens with zero attached hydrogens (tertiary/aromatic N) is 3. The van der Waals surface area contributed by atoms with Crippen LogP contribution in [0.25, 0.3) is 0 Å². The van der Waals surface area contributed by atoms with Crippen LogP contribution in [0.15, 0.2) is 71.1 Å². The SMILES string of the molecule is COc1ccc(C(=O)N(C)CC(=O)N2N=C(c3cccs3)C[C@H]2c2ccc(F)cc2)cc1. The molecule has 0 saturated heterocycles. The molecule has 2 amide bonds. The molecule has 164 valence electrons.